The Morgan fingerprint density at radius 1 is 1.19 bits per heavy atom. The molecule has 0 spiro atoms. The summed E-state index contributed by atoms with van der Waals surface area (Å²) < 4.78 is 26.3. The minimum absolute atomic E-state index is 0.0835. The Labute approximate surface area is 160 Å². The van der Waals surface area contributed by atoms with Crippen LogP contribution in [0.5, 0.6) is 0 Å². The molecule has 5 nitrogen and oxygen atoms in total. The largest absolute Gasteiger partial charge is 0.366 e. The molecule has 1 aromatic heterocycles. The van der Waals surface area contributed by atoms with Gasteiger partial charge in [0.15, 0.2) is 11.6 Å². The number of amides is 2. The van der Waals surface area contributed by atoms with E-state index in [-0.39, 0.29) is 28.1 Å². The number of aromatic nitrogens is 1. The predicted octanol–water partition coefficient (Wildman–Crippen LogP) is 3.21. The minimum Gasteiger partial charge on any atom is -0.366 e. The van der Waals surface area contributed by atoms with Gasteiger partial charge < -0.3 is 10.6 Å². The summed E-state index contributed by atoms with van der Waals surface area (Å²) in [5.74, 6) is -2.39. The van der Waals surface area contributed by atoms with Crippen LogP contribution in [0.1, 0.15) is 39.3 Å². The summed E-state index contributed by atoms with van der Waals surface area (Å²) in [4.78, 5) is 29.4. The number of primary amides is 1. The van der Waals surface area contributed by atoms with Crippen molar-refractivity contribution in [3.05, 3.63) is 63.9 Å². The van der Waals surface area contributed by atoms with Gasteiger partial charge in [-0.15, -0.1) is 0 Å². The molecular formula is C19H18ClF2N3O2. The molecule has 1 aliphatic rings. The van der Waals surface area contributed by atoms with Crippen molar-refractivity contribution < 1.29 is 18.4 Å². The van der Waals surface area contributed by atoms with Crippen molar-refractivity contribution in [1.82, 2.24) is 9.88 Å². The fraction of sp³-hybridized carbons (Fsp3) is 0.316. The summed E-state index contributed by atoms with van der Waals surface area (Å²) in [6.45, 7) is 1.03. The highest BCUT2D eigenvalue weighted by atomic mass is 35.5. The van der Waals surface area contributed by atoms with Gasteiger partial charge in [-0.05, 0) is 48.9 Å². The maximum Gasteiger partial charge on any atom is 0.273 e. The maximum atomic E-state index is 13.3. The monoisotopic (exact) mass is 393 g/mol. The summed E-state index contributed by atoms with van der Waals surface area (Å²) >= 11 is 6.07. The van der Waals surface area contributed by atoms with Crippen molar-refractivity contribution >= 4 is 23.4 Å². The zero-order chi connectivity index (χ0) is 19.6. The highest BCUT2D eigenvalue weighted by Crippen LogP contribution is 2.25. The van der Waals surface area contributed by atoms with Crippen LogP contribution in [0.4, 0.5) is 8.78 Å². The van der Waals surface area contributed by atoms with Crippen LogP contribution in [0.15, 0.2) is 30.5 Å². The molecule has 0 unspecified atom stereocenters. The van der Waals surface area contributed by atoms with Crippen LogP contribution in [-0.2, 0) is 6.42 Å². The molecule has 27 heavy (non-hydrogen) atoms. The van der Waals surface area contributed by atoms with Gasteiger partial charge in [-0.3, -0.25) is 9.59 Å². The van der Waals surface area contributed by atoms with Crippen LogP contribution in [0, 0.1) is 17.6 Å². The van der Waals surface area contributed by atoms with Crippen LogP contribution in [0.3, 0.4) is 0 Å². The summed E-state index contributed by atoms with van der Waals surface area (Å²) in [6.07, 6.45) is 3.34. The molecule has 0 bridgehead atoms. The predicted molar refractivity (Wildman–Crippen MR) is 96.5 cm³/mol. The Balaban J connectivity index is 1.60. The molecule has 1 saturated heterocycles. The first-order valence-corrected chi connectivity index (χ1v) is 8.91. The number of benzene rings is 1. The summed E-state index contributed by atoms with van der Waals surface area (Å²) in [5, 5.41) is 0.0835. The second kappa shape index (κ2) is 8.00. The molecule has 0 aliphatic carbocycles. The minimum atomic E-state index is -0.856. The number of pyridine rings is 1. The van der Waals surface area contributed by atoms with Gasteiger partial charge in [0.1, 0.15) is 5.69 Å². The molecule has 2 heterocycles. The first kappa shape index (κ1) is 19.2. The van der Waals surface area contributed by atoms with Crippen LogP contribution in [-0.4, -0.2) is 34.8 Å². The Bertz CT molecular complexity index is 883. The van der Waals surface area contributed by atoms with Gasteiger partial charge in [-0.1, -0.05) is 17.7 Å². The van der Waals surface area contributed by atoms with Crippen LogP contribution < -0.4 is 5.73 Å². The summed E-state index contributed by atoms with van der Waals surface area (Å²) in [6, 6.07) is 5.27. The molecule has 8 heteroatoms. The van der Waals surface area contributed by atoms with E-state index in [4.69, 9.17) is 17.3 Å². The standard InChI is InChI=1S/C19H18ClF2N3O2/c20-14-9-13(18(23)26)10-24-17(14)19(27)25-5-3-11(4-6-25)7-12-1-2-15(21)16(22)8-12/h1-2,8-11H,3-7H2,(H2,23,26). The van der Waals surface area contributed by atoms with Crippen LogP contribution in [0.2, 0.25) is 5.02 Å². The Morgan fingerprint density at radius 3 is 2.48 bits per heavy atom. The molecule has 1 fully saturated rings. The molecule has 2 N–H and O–H groups in total. The van der Waals surface area contributed by atoms with Gasteiger partial charge in [-0.2, -0.15) is 0 Å². The second-order valence-electron chi connectivity index (χ2n) is 6.61. The van der Waals surface area contributed by atoms with E-state index in [9.17, 15) is 18.4 Å². The molecule has 142 valence electrons. The average molecular weight is 394 g/mol. The third-order valence-corrected chi connectivity index (χ3v) is 5.03. The number of likely N-dealkylation sites (tertiary alicyclic amines) is 1. The highest BCUT2D eigenvalue weighted by molar-refractivity contribution is 6.33. The molecule has 0 atom stereocenters. The van der Waals surface area contributed by atoms with Crippen molar-refractivity contribution in [2.45, 2.75) is 19.3 Å². The molecule has 1 aliphatic heterocycles. The number of hydrogen-bond donors (Lipinski definition) is 1. The van der Waals surface area contributed by atoms with E-state index in [0.717, 1.165) is 24.5 Å². The normalized spacial score (nSPS) is 15.0. The van der Waals surface area contributed by atoms with Gasteiger partial charge in [-0.25, -0.2) is 13.8 Å². The van der Waals surface area contributed by atoms with Gasteiger partial charge in [0.2, 0.25) is 5.91 Å². The zero-order valence-corrected chi connectivity index (χ0v) is 15.2. The number of hydrogen-bond acceptors (Lipinski definition) is 3. The molecule has 2 aromatic rings. The van der Waals surface area contributed by atoms with E-state index < -0.39 is 17.5 Å². The lowest BCUT2D eigenvalue weighted by atomic mass is 9.90. The van der Waals surface area contributed by atoms with E-state index in [1.165, 1.54) is 18.3 Å². The van der Waals surface area contributed by atoms with E-state index in [1.54, 1.807) is 11.0 Å². The fourth-order valence-corrected chi connectivity index (χ4v) is 3.47. The van der Waals surface area contributed by atoms with Crippen LogP contribution >= 0.6 is 11.6 Å². The van der Waals surface area contributed by atoms with Gasteiger partial charge >= 0.3 is 0 Å². The highest BCUT2D eigenvalue weighted by Gasteiger charge is 2.26. The molecule has 1 aromatic carbocycles. The number of nitrogens with zero attached hydrogens (tertiary/aromatic N) is 2. The summed E-state index contributed by atoms with van der Waals surface area (Å²) in [7, 11) is 0. The average Bonchev–Trinajstić information content (AvgIpc) is 2.64. The first-order chi connectivity index (χ1) is 12.8. The number of carbonyl (C=O) groups excluding carboxylic acids is 2. The third-order valence-electron chi connectivity index (χ3n) is 4.74. The molecular weight excluding hydrogens is 376 g/mol. The van der Waals surface area contributed by atoms with Crippen LogP contribution in [0.25, 0.3) is 0 Å². The van der Waals surface area contributed by atoms with Gasteiger partial charge in [0, 0.05) is 19.3 Å². The number of halogens is 3. The molecule has 0 radical (unpaired) electrons. The number of carbonyl (C=O) groups is 2. The number of piperidine rings is 1. The topological polar surface area (TPSA) is 76.3 Å². The fourth-order valence-electron chi connectivity index (χ4n) is 3.22. The van der Waals surface area contributed by atoms with E-state index >= 15 is 0 Å². The molecule has 0 saturated carbocycles. The second-order valence-corrected chi connectivity index (χ2v) is 7.01. The van der Waals surface area contributed by atoms with Crippen molar-refractivity contribution in [3.63, 3.8) is 0 Å². The lowest BCUT2D eigenvalue weighted by Gasteiger charge is -2.32. The quantitative estimate of drug-likeness (QED) is 0.866. The van der Waals surface area contributed by atoms with E-state index in [1.807, 2.05) is 0 Å². The smallest absolute Gasteiger partial charge is 0.273 e. The van der Waals surface area contributed by atoms with Gasteiger partial charge in [0.05, 0.1) is 10.6 Å². The first-order valence-electron chi connectivity index (χ1n) is 8.53. The summed E-state index contributed by atoms with van der Waals surface area (Å²) in [5.41, 5.74) is 6.14. The van der Waals surface area contributed by atoms with E-state index in [0.29, 0.717) is 19.5 Å². The molecule has 3 rings (SSSR count). The zero-order valence-electron chi connectivity index (χ0n) is 14.4. The Kier molecular flexibility index (Phi) is 5.70. The SMILES string of the molecule is NC(=O)c1cnc(C(=O)N2CCC(Cc3ccc(F)c(F)c3)CC2)c(Cl)c1. The van der Waals surface area contributed by atoms with Crippen molar-refractivity contribution in [2.24, 2.45) is 11.7 Å². The van der Waals surface area contributed by atoms with Gasteiger partial charge in [0.25, 0.3) is 5.91 Å². The maximum absolute atomic E-state index is 13.3. The third kappa shape index (κ3) is 4.42. The van der Waals surface area contributed by atoms with Crippen molar-refractivity contribution in [1.29, 1.82) is 0 Å². The Morgan fingerprint density at radius 2 is 1.89 bits per heavy atom. The van der Waals surface area contributed by atoms with E-state index in [2.05, 4.69) is 4.98 Å². The lowest BCUT2D eigenvalue weighted by molar-refractivity contribution is 0.0684. The Hall–Kier alpha value is -2.54. The molecule has 2 amide bonds. The number of rotatable bonds is 4. The number of nitrogens with two attached hydrogens (primary N) is 1. The van der Waals surface area contributed by atoms with Crippen molar-refractivity contribution in [3.8, 4) is 0 Å². The van der Waals surface area contributed by atoms with Crippen molar-refractivity contribution in [2.75, 3.05) is 13.1 Å². The lowest BCUT2D eigenvalue weighted by Crippen LogP contribution is -2.39.